The van der Waals surface area contributed by atoms with Gasteiger partial charge in [0.05, 0.1) is 0 Å². The summed E-state index contributed by atoms with van der Waals surface area (Å²) in [4.78, 5) is 13.4. The number of nitrogens with one attached hydrogen (secondary N) is 1. The lowest BCUT2D eigenvalue weighted by molar-refractivity contribution is 0.467. The van der Waals surface area contributed by atoms with Crippen molar-refractivity contribution in [3.8, 4) is 5.75 Å². The first-order valence-corrected chi connectivity index (χ1v) is 4.07. The van der Waals surface area contributed by atoms with Crippen molar-refractivity contribution in [3.05, 3.63) is 27.1 Å². The van der Waals surface area contributed by atoms with Crippen molar-refractivity contribution in [3.63, 3.8) is 0 Å². The monoisotopic (exact) mass is 189 g/mol. The summed E-state index contributed by atoms with van der Waals surface area (Å²) in [7, 11) is 0. The fraction of sp³-hybridized carbons (Fsp3) is 0.375. The highest BCUT2D eigenvalue weighted by molar-refractivity contribution is 6.30. The van der Waals surface area contributed by atoms with Gasteiger partial charge in [-0.1, -0.05) is 25.4 Å². The van der Waals surface area contributed by atoms with Gasteiger partial charge in [-0.2, -0.15) is 0 Å². The maximum absolute atomic E-state index is 10.8. The van der Waals surface area contributed by atoms with Gasteiger partial charge in [0.15, 0.2) is 5.75 Å². The van der Waals surface area contributed by atoms with Crippen LogP contribution in [0.5, 0.6) is 5.75 Å². The zero-order valence-electron chi connectivity index (χ0n) is 7.31. The van der Waals surface area contributed by atoms with Crippen molar-refractivity contribution in [2.24, 2.45) is 0 Å². The Kier molecular flexibility index (Phi) is 4.44. The van der Waals surface area contributed by atoms with E-state index in [1.54, 1.807) is 6.92 Å². The largest absolute Gasteiger partial charge is 0.503 e. The van der Waals surface area contributed by atoms with Crippen molar-refractivity contribution in [1.29, 1.82) is 0 Å². The maximum Gasteiger partial charge on any atom is 0.227 e. The summed E-state index contributed by atoms with van der Waals surface area (Å²) >= 11 is 5.52. The summed E-state index contributed by atoms with van der Waals surface area (Å²) in [6, 6.07) is 0. The summed E-state index contributed by atoms with van der Waals surface area (Å²) in [6.45, 7) is 5.54. The van der Waals surface area contributed by atoms with Gasteiger partial charge in [0.1, 0.15) is 5.15 Å². The predicted molar refractivity (Wildman–Crippen MR) is 49.8 cm³/mol. The molecule has 0 atom stereocenters. The Morgan fingerprint density at radius 2 is 2.00 bits per heavy atom. The fourth-order valence-corrected chi connectivity index (χ4v) is 0.738. The minimum atomic E-state index is -0.427. The van der Waals surface area contributed by atoms with Crippen LogP contribution in [0.25, 0.3) is 0 Å². The van der Waals surface area contributed by atoms with E-state index in [0.29, 0.717) is 5.56 Å². The molecule has 2 N–H and O–H groups in total. The number of aromatic hydroxyl groups is 1. The van der Waals surface area contributed by atoms with Crippen molar-refractivity contribution >= 4 is 11.6 Å². The summed E-state index contributed by atoms with van der Waals surface area (Å²) in [5.41, 5.74) is -0.0922. The highest BCUT2D eigenvalue weighted by atomic mass is 35.5. The first-order valence-electron chi connectivity index (χ1n) is 3.69. The van der Waals surface area contributed by atoms with Gasteiger partial charge in [0.2, 0.25) is 5.43 Å². The van der Waals surface area contributed by atoms with E-state index >= 15 is 0 Å². The molecule has 3 nitrogen and oxygen atoms in total. The van der Waals surface area contributed by atoms with Gasteiger partial charge in [-0.25, -0.2) is 0 Å². The van der Waals surface area contributed by atoms with Crippen LogP contribution in [-0.2, 0) is 0 Å². The quantitative estimate of drug-likeness (QED) is 0.614. The normalized spacial score (nSPS) is 8.67. The van der Waals surface area contributed by atoms with Crippen molar-refractivity contribution < 1.29 is 5.11 Å². The molecule has 0 fully saturated rings. The molecule has 0 aromatic carbocycles. The van der Waals surface area contributed by atoms with Gasteiger partial charge in [-0.3, -0.25) is 4.79 Å². The Balaban J connectivity index is 0.000000561. The number of aromatic amines is 1. The average molecular weight is 190 g/mol. The van der Waals surface area contributed by atoms with E-state index in [9.17, 15) is 4.79 Å². The molecule has 0 radical (unpaired) electrons. The number of hydrogen-bond donors (Lipinski definition) is 2. The first kappa shape index (κ1) is 11.0. The predicted octanol–water partition coefficient (Wildman–Crippen LogP) is 2.07. The molecule has 0 spiro atoms. The van der Waals surface area contributed by atoms with Crippen LogP contribution in [0.4, 0.5) is 0 Å². The third kappa shape index (κ3) is 2.27. The van der Waals surface area contributed by atoms with Crippen LogP contribution in [0.2, 0.25) is 5.15 Å². The second kappa shape index (κ2) is 4.83. The van der Waals surface area contributed by atoms with Gasteiger partial charge in [-0.15, -0.1) is 0 Å². The van der Waals surface area contributed by atoms with E-state index in [4.69, 9.17) is 16.7 Å². The summed E-state index contributed by atoms with van der Waals surface area (Å²) < 4.78 is 0. The highest BCUT2D eigenvalue weighted by Gasteiger charge is 2.02. The first-order chi connectivity index (χ1) is 5.63. The molecular weight excluding hydrogens is 178 g/mol. The molecule has 0 bridgehead atoms. The van der Waals surface area contributed by atoms with E-state index in [1.165, 1.54) is 0 Å². The minimum absolute atomic E-state index is 0.266. The Morgan fingerprint density at radius 3 is 2.42 bits per heavy atom. The number of pyridine rings is 1. The van der Waals surface area contributed by atoms with Gasteiger partial charge in [0.25, 0.3) is 0 Å². The molecule has 0 unspecified atom stereocenters. The Hall–Kier alpha value is -0.960. The molecule has 4 heteroatoms. The SMILES string of the molecule is CC.Cc1c(Cl)[nH]cc(O)c1=O. The molecule has 12 heavy (non-hydrogen) atoms. The molecule has 0 aliphatic rings. The van der Waals surface area contributed by atoms with E-state index in [0.717, 1.165) is 6.20 Å². The van der Waals surface area contributed by atoms with Crippen LogP contribution in [0.1, 0.15) is 19.4 Å². The molecule has 0 aliphatic carbocycles. The smallest absolute Gasteiger partial charge is 0.227 e. The molecule has 0 aliphatic heterocycles. The maximum atomic E-state index is 10.8. The minimum Gasteiger partial charge on any atom is -0.503 e. The molecular formula is C8H12ClNO2. The van der Waals surface area contributed by atoms with Crippen LogP contribution in [0.3, 0.4) is 0 Å². The lowest BCUT2D eigenvalue weighted by Gasteiger charge is -1.95. The van der Waals surface area contributed by atoms with Crippen LogP contribution in [0, 0.1) is 6.92 Å². The molecule has 0 saturated carbocycles. The number of hydrogen-bond acceptors (Lipinski definition) is 2. The lowest BCUT2D eigenvalue weighted by Crippen LogP contribution is -2.05. The van der Waals surface area contributed by atoms with Gasteiger partial charge < -0.3 is 10.1 Å². The van der Waals surface area contributed by atoms with E-state index in [2.05, 4.69) is 4.98 Å². The zero-order valence-corrected chi connectivity index (χ0v) is 8.07. The fourth-order valence-electron chi connectivity index (χ4n) is 0.597. The third-order valence-corrected chi connectivity index (χ3v) is 1.63. The third-order valence-electron chi connectivity index (χ3n) is 1.24. The van der Waals surface area contributed by atoms with Gasteiger partial charge in [0, 0.05) is 11.8 Å². The van der Waals surface area contributed by atoms with Gasteiger partial charge in [-0.05, 0) is 6.92 Å². The Labute approximate surface area is 76.0 Å². The summed E-state index contributed by atoms with van der Waals surface area (Å²) in [5.74, 6) is -0.304. The number of halogens is 1. The van der Waals surface area contributed by atoms with E-state index < -0.39 is 5.43 Å². The van der Waals surface area contributed by atoms with Crippen LogP contribution in [0.15, 0.2) is 11.0 Å². The second-order valence-electron chi connectivity index (χ2n) is 1.94. The van der Waals surface area contributed by atoms with Gasteiger partial charge >= 0.3 is 0 Å². The van der Waals surface area contributed by atoms with Crippen LogP contribution in [-0.4, -0.2) is 10.1 Å². The molecule has 1 rings (SSSR count). The molecule has 1 aromatic heterocycles. The Morgan fingerprint density at radius 1 is 1.50 bits per heavy atom. The molecule has 0 saturated heterocycles. The average Bonchev–Trinajstić information content (AvgIpc) is 2.12. The van der Waals surface area contributed by atoms with E-state index in [1.807, 2.05) is 13.8 Å². The lowest BCUT2D eigenvalue weighted by atomic mass is 10.3. The second-order valence-corrected chi connectivity index (χ2v) is 2.32. The van der Waals surface area contributed by atoms with Crippen molar-refractivity contribution in [2.75, 3.05) is 0 Å². The number of H-pyrrole nitrogens is 1. The molecule has 1 aromatic rings. The van der Waals surface area contributed by atoms with Crippen molar-refractivity contribution in [2.45, 2.75) is 20.8 Å². The van der Waals surface area contributed by atoms with Crippen LogP contribution < -0.4 is 5.43 Å². The van der Waals surface area contributed by atoms with E-state index in [-0.39, 0.29) is 10.9 Å². The summed E-state index contributed by atoms with van der Waals surface area (Å²) in [5, 5.41) is 9.09. The number of rotatable bonds is 0. The standard InChI is InChI=1S/C6H6ClNO2.C2H6/c1-3-5(10)4(9)2-8-6(3)7;1-2/h2,9H,1H3,(H,8,10);1-2H3. The topological polar surface area (TPSA) is 53.1 Å². The van der Waals surface area contributed by atoms with Crippen molar-refractivity contribution in [1.82, 2.24) is 4.98 Å². The number of aromatic nitrogens is 1. The van der Waals surface area contributed by atoms with Crippen LogP contribution >= 0.6 is 11.6 Å². The highest BCUT2D eigenvalue weighted by Crippen LogP contribution is 2.09. The zero-order chi connectivity index (χ0) is 9.72. The molecule has 0 amide bonds. The molecule has 68 valence electrons. The Bertz CT molecular complexity index is 306. The summed E-state index contributed by atoms with van der Waals surface area (Å²) in [6.07, 6.45) is 1.16. The molecule has 1 heterocycles.